The molecule has 0 aromatic carbocycles. The number of hydrogen-bond donors (Lipinski definition) is 1. The van der Waals surface area contributed by atoms with Crippen LogP contribution in [-0.4, -0.2) is 15.8 Å². The van der Waals surface area contributed by atoms with Crippen LogP contribution in [0, 0.1) is 12.3 Å². The first-order chi connectivity index (χ1) is 5.94. The van der Waals surface area contributed by atoms with Crippen LogP contribution in [0.1, 0.15) is 31.0 Å². The second-order valence-corrected chi connectivity index (χ2v) is 4.67. The Balaban J connectivity index is 2.34. The lowest BCUT2D eigenvalue weighted by Gasteiger charge is -1.99. The topological polar surface area (TPSA) is 43.8 Å². The van der Waals surface area contributed by atoms with Crippen molar-refractivity contribution in [3.8, 4) is 0 Å². The first-order valence-corrected chi connectivity index (χ1v) is 4.70. The Morgan fingerprint density at radius 3 is 2.38 bits per heavy atom. The minimum Gasteiger partial charge on any atom is -0.327 e. The summed E-state index contributed by atoms with van der Waals surface area (Å²) in [5.74, 6) is 0.501. The number of rotatable bonds is 1. The van der Waals surface area contributed by atoms with E-state index < -0.39 is 0 Å². The zero-order valence-electron chi connectivity index (χ0n) is 8.70. The lowest BCUT2D eigenvalue weighted by molar-refractivity contribution is 0.598. The van der Waals surface area contributed by atoms with Crippen LogP contribution in [-0.2, 0) is 7.05 Å². The first-order valence-electron chi connectivity index (χ1n) is 4.70. The number of nitrogens with zero attached hydrogens (tertiary/aromatic N) is 2. The SMILES string of the molecule is Cc1nn(C)cc1C1C(N)C1(C)C. The van der Waals surface area contributed by atoms with Gasteiger partial charge in [-0.25, -0.2) is 0 Å². The standard InChI is InChI=1S/C10H17N3/c1-6-7(5-13(4)12-6)8-9(11)10(8,2)3/h5,8-9H,11H2,1-4H3. The molecular formula is C10H17N3. The van der Waals surface area contributed by atoms with Crippen molar-refractivity contribution < 1.29 is 0 Å². The van der Waals surface area contributed by atoms with Crippen molar-refractivity contribution in [3.63, 3.8) is 0 Å². The highest BCUT2D eigenvalue weighted by Crippen LogP contribution is 2.57. The van der Waals surface area contributed by atoms with E-state index in [0.29, 0.717) is 12.0 Å². The molecule has 1 heterocycles. The fourth-order valence-electron chi connectivity index (χ4n) is 2.20. The number of aromatic nitrogens is 2. The molecule has 1 aromatic rings. The zero-order valence-corrected chi connectivity index (χ0v) is 8.70. The maximum atomic E-state index is 6.02. The Kier molecular flexibility index (Phi) is 1.58. The Labute approximate surface area is 78.9 Å². The predicted molar refractivity (Wildman–Crippen MR) is 52.4 cm³/mol. The van der Waals surface area contributed by atoms with Gasteiger partial charge in [0.1, 0.15) is 0 Å². The molecule has 0 radical (unpaired) electrons. The van der Waals surface area contributed by atoms with E-state index in [4.69, 9.17) is 5.73 Å². The molecule has 1 saturated carbocycles. The van der Waals surface area contributed by atoms with Crippen molar-refractivity contribution in [2.75, 3.05) is 0 Å². The summed E-state index contributed by atoms with van der Waals surface area (Å²) in [6.07, 6.45) is 2.09. The molecule has 3 heteroatoms. The summed E-state index contributed by atoms with van der Waals surface area (Å²) in [5, 5.41) is 4.33. The van der Waals surface area contributed by atoms with E-state index >= 15 is 0 Å². The van der Waals surface area contributed by atoms with E-state index in [1.54, 1.807) is 0 Å². The van der Waals surface area contributed by atoms with Crippen LogP contribution in [0.25, 0.3) is 0 Å². The quantitative estimate of drug-likeness (QED) is 0.703. The fourth-order valence-corrected chi connectivity index (χ4v) is 2.20. The summed E-state index contributed by atoms with van der Waals surface area (Å²) < 4.78 is 1.87. The average Bonchev–Trinajstić information content (AvgIpc) is 2.36. The summed E-state index contributed by atoms with van der Waals surface area (Å²) in [5.41, 5.74) is 8.71. The third-order valence-corrected chi connectivity index (χ3v) is 3.30. The molecule has 1 aliphatic carbocycles. The normalized spacial score (nSPS) is 30.5. The van der Waals surface area contributed by atoms with Crippen LogP contribution in [0.3, 0.4) is 0 Å². The molecule has 0 amide bonds. The summed E-state index contributed by atoms with van der Waals surface area (Å²) >= 11 is 0. The van der Waals surface area contributed by atoms with Gasteiger partial charge in [0.15, 0.2) is 0 Å². The van der Waals surface area contributed by atoms with Gasteiger partial charge >= 0.3 is 0 Å². The second-order valence-electron chi connectivity index (χ2n) is 4.67. The Hall–Kier alpha value is -0.830. The van der Waals surface area contributed by atoms with Crippen molar-refractivity contribution in [1.29, 1.82) is 0 Å². The molecule has 1 aliphatic rings. The van der Waals surface area contributed by atoms with E-state index in [-0.39, 0.29) is 5.41 Å². The first kappa shape index (κ1) is 8.75. The van der Waals surface area contributed by atoms with Crippen LogP contribution >= 0.6 is 0 Å². The van der Waals surface area contributed by atoms with E-state index in [9.17, 15) is 0 Å². The molecule has 0 saturated heterocycles. The summed E-state index contributed by atoms with van der Waals surface area (Å²) in [6.45, 7) is 6.49. The summed E-state index contributed by atoms with van der Waals surface area (Å²) in [4.78, 5) is 0. The third-order valence-electron chi connectivity index (χ3n) is 3.30. The van der Waals surface area contributed by atoms with Crippen LogP contribution in [0.5, 0.6) is 0 Å². The molecule has 2 unspecified atom stereocenters. The van der Waals surface area contributed by atoms with Gasteiger partial charge in [-0.2, -0.15) is 5.10 Å². The molecule has 2 N–H and O–H groups in total. The molecule has 0 bridgehead atoms. The monoisotopic (exact) mass is 179 g/mol. The van der Waals surface area contributed by atoms with Gasteiger partial charge in [-0.05, 0) is 17.9 Å². The average molecular weight is 179 g/mol. The zero-order chi connectivity index (χ0) is 9.80. The van der Waals surface area contributed by atoms with Gasteiger partial charge in [0, 0.05) is 25.2 Å². The van der Waals surface area contributed by atoms with Gasteiger partial charge in [-0.1, -0.05) is 13.8 Å². The van der Waals surface area contributed by atoms with Gasteiger partial charge in [-0.15, -0.1) is 0 Å². The highest BCUT2D eigenvalue weighted by Gasteiger charge is 2.57. The van der Waals surface area contributed by atoms with Gasteiger partial charge in [-0.3, -0.25) is 4.68 Å². The molecule has 1 aromatic heterocycles. The lowest BCUT2D eigenvalue weighted by Crippen LogP contribution is -2.06. The van der Waals surface area contributed by atoms with Crippen molar-refractivity contribution in [2.45, 2.75) is 32.7 Å². The van der Waals surface area contributed by atoms with Crippen LogP contribution in [0.2, 0.25) is 0 Å². The van der Waals surface area contributed by atoms with Crippen molar-refractivity contribution in [3.05, 3.63) is 17.5 Å². The molecular weight excluding hydrogens is 162 g/mol. The van der Waals surface area contributed by atoms with Crippen molar-refractivity contribution >= 4 is 0 Å². The van der Waals surface area contributed by atoms with Gasteiger partial charge < -0.3 is 5.73 Å². The number of nitrogens with two attached hydrogens (primary N) is 1. The van der Waals surface area contributed by atoms with Gasteiger partial charge in [0.2, 0.25) is 0 Å². The largest absolute Gasteiger partial charge is 0.327 e. The fraction of sp³-hybridized carbons (Fsp3) is 0.700. The van der Waals surface area contributed by atoms with E-state index in [2.05, 4.69) is 32.1 Å². The summed E-state index contributed by atoms with van der Waals surface area (Å²) in [7, 11) is 1.96. The Bertz CT molecular complexity index is 338. The molecule has 2 rings (SSSR count). The van der Waals surface area contributed by atoms with Crippen LogP contribution in [0.4, 0.5) is 0 Å². The van der Waals surface area contributed by atoms with Crippen molar-refractivity contribution in [2.24, 2.45) is 18.2 Å². The van der Waals surface area contributed by atoms with Crippen LogP contribution < -0.4 is 5.73 Å². The number of aryl methyl sites for hydroxylation is 2. The predicted octanol–water partition coefficient (Wildman–Crippen LogP) is 1.18. The molecule has 0 aliphatic heterocycles. The Morgan fingerprint density at radius 2 is 2.08 bits per heavy atom. The van der Waals surface area contributed by atoms with Crippen LogP contribution in [0.15, 0.2) is 6.20 Å². The molecule has 13 heavy (non-hydrogen) atoms. The smallest absolute Gasteiger partial charge is 0.0629 e. The minimum atomic E-state index is 0.258. The van der Waals surface area contributed by atoms with E-state index in [0.717, 1.165) is 5.69 Å². The third kappa shape index (κ3) is 1.10. The van der Waals surface area contributed by atoms with Gasteiger partial charge in [0.05, 0.1) is 5.69 Å². The molecule has 72 valence electrons. The molecule has 1 fully saturated rings. The Morgan fingerprint density at radius 1 is 1.54 bits per heavy atom. The highest BCUT2D eigenvalue weighted by molar-refractivity contribution is 5.35. The maximum absolute atomic E-state index is 6.02. The molecule has 0 spiro atoms. The van der Waals surface area contributed by atoms with E-state index in [1.807, 2.05) is 11.7 Å². The minimum absolute atomic E-state index is 0.258. The number of hydrogen-bond acceptors (Lipinski definition) is 2. The maximum Gasteiger partial charge on any atom is 0.0629 e. The van der Waals surface area contributed by atoms with E-state index in [1.165, 1.54) is 5.56 Å². The highest BCUT2D eigenvalue weighted by atomic mass is 15.3. The molecule has 3 nitrogen and oxygen atoms in total. The summed E-state index contributed by atoms with van der Waals surface area (Å²) in [6, 6.07) is 0.301. The van der Waals surface area contributed by atoms with Crippen molar-refractivity contribution in [1.82, 2.24) is 9.78 Å². The molecule has 2 atom stereocenters. The van der Waals surface area contributed by atoms with Gasteiger partial charge in [0.25, 0.3) is 0 Å². The second kappa shape index (κ2) is 2.35. The lowest BCUT2D eigenvalue weighted by atomic mass is 10.0.